The fourth-order valence-electron chi connectivity index (χ4n) is 2.71. The van der Waals surface area contributed by atoms with E-state index in [1.807, 2.05) is 73.7 Å². The number of sulfonamides is 1. The highest BCUT2D eigenvalue weighted by Gasteiger charge is 2.20. The Balaban J connectivity index is 1.83. The molecule has 0 amide bonds. The summed E-state index contributed by atoms with van der Waals surface area (Å²) in [6, 6.07) is 25.0. The van der Waals surface area contributed by atoms with Crippen LogP contribution in [0.5, 0.6) is 0 Å². The summed E-state index contributed by atoms with van der Waals surface area (Å²) in [6.45, 7) is 2.27. The Bertz CT molecular complexity index is 949. The van der Waals surface area contributed by atoms with E-state index >= 15 is 0 Å². The van der Waals surface area contributed by atoms with Gasteiger partial charge in [-0.3, -0.25) is 0 Å². The molecule has 0 aromatic heterocycles. The largest absolute Gasteiger partial charge is 0.243 e. The van der Waals surface area contributed by atoms with E-state index in [4.69, 9.17) is 0 Å². The van der Waals surface area contributed by atoms with Crippen LogP contribution >= 0.6 is 0 Å². The van der Waals surface area contributed by atoms with E-state index in [9.17, 15) is 8.42 Å². The zero-order valence-electron chi connectivity index (χ0n) is 14.4. The average molecular weight is 351 g/mol. The van der Waals surface area contributed by atoms with Gasteiger partial charge >= 0.3 is 0 Å². The molecule has 0 aliphatic carbocycles. The van der Waals surface area contributed by atoms with Crippen LogP contribution in [-0.4, -0.2) is 19.8 Å². The maximum Gasteiger partial charge on any atom is 0.243 e. The Hall–Kier alpha value is -2.43. The summed E-state index contributed by atoms with van der Waals surface area (Å²) in [5.41, 5.74) is 4.20. The molecule has 0 bridgehead atoms. The monoisotopic (exact) mass is 351 g/mol. The first-order chi connectivity index (χ1) is 12.0. The van der Waals surface area contributed by atoms with Crippen molar-refractivity contribution in [1.29, 1.82) is 0 Å². The third-order valence-electron chi connectivity index (χ3n) is 4.17. The standard InChI is InChI=1S/C21H21NO2S/c1-17-11-13-21(14-12-17)25(23,24)22(2)16-18-7-6-10-20(15-18)19-8-4-3-5-9-19/h3-15H,16H2,1-2H3. The van der Waals surface area contributed by atoms with Gasteiger partial charge in [0.05, 0.1) is 4.90 Å². The molecule has 3 rings (SSSR count). The fraction of sp³-hybridized carbons (Fsp3) is 0.143. The Morgan fingerprint density at radius 1 is 0.800 bits per heavy atom. The summed E-state index contributed by atoms with van der Waals surface area (Å²) in [5.74, 6) is 0. The molecule has 3 aromatic carbocycles. The summed E-state index contributed by atoms with van der Waals surface area (Å²) in [7, 11) is -1.88. The van der Waals surface area contributed by atoms with Crippen LogP contribution < -0.4 is 0 Å². The topological polar surface area (TPSA) is 37.4 Å². The minimum absolute atomic E-state index is 0.319. The predicted molar refractivity (Wildman–Crippen MR) is 102 cm³/mol. The van der Waals surface area contributed by atoms with Crippen molar-refractivity contribution >= 4 is 10.0 Å². The summed E-state index contributed by atoms with van der Waals surface area (Å²) in [4.78, 5) is 0.319. The second-order valence-electron chi connectivity index (χ2n) is 6.14. The van der Waals surface area contributed by atoms with E-state index in [0.29, 0.717) is 11.4 Å². The van der Waals surface area contributed by atoms with Crippen LogP contribution in [0.3, 0.4) is 0 Å². The molecular weight excluding hydrogens is 330 g/mol. The Morgan fingerprint density at radius 2 is 1.44 bits per heavy atom. The number of aryl methyl sites for hydroxylation is 1. The van der Waals surface area contributed by atoms with E-state index < -0.39 is 10.0 Å². The van der Waals surface area contributed by atoms with Gasteiger partial charge in [-0.2, -0.15) is 4.31 Å². The lowest BCUT2D eigenvalue weighted by atomic mass is 10.0. The highest BCUT2D eigenvalue weighted by Crippen LogP contribution is 2.22. The van der Waals surface area contributed by atoms with Crippen LogP contribution in [0, 0.1) is 6.92 Å². The number of hydrogen-bond acceptors (Lipinski definition) is 2. The molecule has 0 N–H and O–H groups in total. The van der Waals surface area contributed by atoms with Crippen LogP contribution in [0.25, 0.3) is 11.1 Å². The predicted octanol–water partition coefficient (Wildman–Crippen LogP) is 4.48. The zero-order chi connectivity index (χ0) is 17.9. The zero-order valence-corrected chi connectivity index (χ0v) is 15.2. The Labute approximate surface area is 149 Å². The number of benzene rings is 3. The molecule has 0 atom stereocenters. The number of hydrogen-bond donors (Lipinski definition) is 0. The molecule has 0 heterocycles. The second-order valence-corrected chi connectivity index (χ2v) is 8.19. The molecule has 0 fully saturated rings. The van der Waals surface area contributed by atoms with Gasteiger partial charge in [-0.15, -0.1) is 0 Å². The maximum absolute atomic E-state index is 12.7. The van der Waals surface area contributed by atoms with Gasteiger partial charge in [-0.25, -0.2) is 8.42 Å². The molecule has 25 heavy (non-hydrogen) atoms. The number of nitrogens with zero attached hydrogens (tertiary/aromatic N) is 1. The van der Waals surface area contributed by atoms with Crippen molar-refractivity contribution in [2.24, 2.45) is 0 Å². The summed E-state index contributed by atoms with van der Waals surface area (Å²) >= 11 is 0. The van der Waals surface area contributed by atoms with E-state index in [0.717, 1.165) is 22.3 Å². The van der Waals surface area contributed by atoms with E-state index in [-0.39, 0.29) is 0 Å². The fourth-order valence-corrected chi connectivity index (χ4v) is 3.87. The van der Waals surface area contributed by atoms with E-state index in [1.165, 1.54) is 4.31 Å². The third-order valence-corrected chi connectivity index (χ3v) is 5.99. The van der Waals surface area contributed by atoms with Crippen molar-refractivity contribution in [3.05, 3.63) is 90.0 Å². The van der Waals surface area contributed by atoms with Crippen LogP contribution in [0.4, 0.5) is 0 Å². The Morgan fingerprint density at radius 3 is 2.12 bits per heavy atom. The van der Waals surface area contributed by atoms with Gasteiger partial charge in [0.2, 0.25) is 10.0 Å². The molecule has 4 heteroatoms. The lowest BCUT2D eigenvalue weighted by Gasteiger charge is -2.18. The Kier molecular flexibility index (Phi) is 5.02. The lowest BCUT2D eigenvalue weighted by molar-refractivity contribution is 0.467. The molecule has 0 spiro atoms. The summed E-state index contributed by atoms with van der Waals surface area (Å²) in [6.07, 6.45) is 0. The van der Waals surface area contributed by atoms with Gasteiger partial charge < -0.3 is 0 Å². The molecule has 0 saturated heterocycles. The SMILES string of the molecule is Cc1ccc(S(=O)(=O)N(C)Cc2cccc(-c3ccccc3)c2)cc1. The van der Waals surface area contributed by atoms with Gasteiger partial charge in [0.1, 0.15) is 0 Å². The molecule has 0 aliphatic rings. The van der Waals surface area contributed by atoms with Crippen molar-refractivity contribution in [2.45, 2.75) is 18.4 Å². The third kappa shape index (κ3) is 3.98. The molecule has 3 aromatic rings. The molecule has 0 aliphatic heterocycles. The van der Waals surface area contributed by atoms with Gasteiger partial charge in [0.25, 0.3) is 0 Å². The van der Waals surface area contributed by atoms with Crippen LogP contribution in [0.15, 0.2) is 83.8 Å². The smallest absolute Gasteiger partial charge is 0.207 e. The van der Waals surface area contributed by atoms with Crippen molar-refractivity contribution in [3.63, 3.8) is 0 Å². The molecule has 0 radical (unpaired) electrons. The van der Waals surface area contributed by atoms with E-state index in [1.54, 1.807) is 19.2 Å². The highest BCUT2D eigenvalue weighted by atomic mass is 32.2. The van der Waals surface area contributed by atoms with Crippen LogP contribution in [-0.2, 0) is 16.6 Å². The minimum atomic E-state index is -3.50. The van der Waals surface area contributed by atoms with Gasteiger partial charge in [0, 0.05) is 13.6 Å². The van der Waals surface area contributed by atoms with Crippen molar-refractivity contribution in [1.82, 2.24) is 4.31 Å². The van der Waals surface area contributed by atoms with Crippen LogP contribution in [0.2, 0.25) is 0 Å². The van der Waals surface area contributed by atoms with Crippen molar-refractivity contribution < 1.29 is 8.42 Å². The molecule has 3 nitrogen and oxygen atoms in total. The highest BCUT2D eigenvalue weighted by molar-refractivity contribution is 7.89. The summed E-state index contributed by atoms with van der Waals surface area (Å²) < 4.78 is 26.8. The minimum Gasteiger partial charge on any atom is -0.207 e. The first-order valence-electron chi connectivity index (χ1n) is 8.14. The van der Waals surface area contributed by atoms with Crippen LogP contribution in [0.1, 0.15) is 11.1 Å². The maximum atomic E-state index is 12.7. The van der Waals surface area contributed by atoms with Crippen molar-refractivity contribution in [2.75, 3.05) is 7.05 Å². The lowest BCUT2D eigenvalue weighted by Crippen LogP contribution is -2.26. The quantitative estimate of drug-likeness (QED) is 0.679. The van der Waals surface area contributed by atoms with Gasteiger partial charge in [-0.1, -0.05) is 66.2 Å². The van der Waals surface area contributed by atoms with Gasteiger partial charge in [0.15, 0.2) is 0 Å². The molecule has 0 unspecified atom stereocenters. The average Bonchev–Trinajstić information content (AvgIpc) is 2.63. The normalized spacial score (nSPS) is 11.6. The molecule has 0 saturated carbocycles. The van der Waals surface area contributed by atoms with Gasteiger partial charge in [-0.05, 0) is 41.8 Å². The molecule has 128 valence electrons. The summed E-state index contributed by atoms with van der Waals surface area (Å²) in [5, 5.41) is 0. The molecular formula is C21H21NO2S. The first kappa shape index (κ1) is 17.4. The number of rotatable bonds is 5. The second kappa shape index (κ2) is 7.21. The van der Waals surface area contributed by atoms with E-state index in [2.05, 4.69) is 0 Å². The van der Waals surface area contributed by atoms with Crippen molar-refractivity contribution in [3.8, 4) is 11.1 Å². The first-order valence-corrected chi connectivity index (χ1v) is 9.58.